The summed E-state index contributed by atoms with van der Waals surface area (Å²) < 4.78 is 0. The summed E-state index contributed by atoms with van der Waals surface area (Å²) in [5, 5.41) is 0. The topological polar surface area (TPSA) is 25.8 Å². The van der Waals surface area contributed by atoms with Gasteiger partial charge in [0, 0.05) is 22.8 Å². The first kappa shape index (κ1) is 20.6. The van der Waals surface area contributed by atoms with Gasteiger partial charge in [0.25, 0.3) is 0 Å². The third-order valence-electron chi connectivity index (χ3n) is 2.45. The molecule has 0 saturated heterocycles. The van der Waals surface area contributed by atoms with E-state index in [-0.39, 0.29) is 0 Å². The molecule has 0 aliphatic rings. The molecule has 0 aliphatic carbocycles. The Labute approximate surface area is 144 Å². The second-order valence-electron chi connectivity index (χ2n) is 4.90. The Kier molecular flexibility index (Phi) is 10.9. The zero-order valence-electron chi connectivity index (χ0n) is 13.3. The summed E-state index contributed by atoms with van der Waals surface area (Å²) in [5.41, 5.74) is 7.00. The van der Waals surface area contributed by atoms with Gasteiger partial charge in [-0.05, 0) is 76.9 Å². The van der Waals surface area contributed by atoms with Crippen molar-refractivity contribution in [3.05, 3.63) is 58.2 Å². The van der Waals surface area contributed by atoms with Gasteiger partial charge in [0.15, 0.2) is 0 Å². The molecule has 0 atom stereocenters. The van der Waals surface area contributed by atoms with Crippen LogP contribution >= 0.6 is 18.8 Å². The van der Waals surface area contributed by atoms with Gasteiger partial charge in [0.05, 0.1) is 0 Å². The van der Waals surface area contributed by atoms with Gasteiger partial charge >= 0.3 is 35.3 Å². The minimum absolute atomic E-state index is 0.472. The first-order chi connectivity index (χ1) is 9.78. The Hall–Kier alpha value is -0.432. The SMILES string of the molecule is Cc1cc(C)nc(C)c1.Cc1cc(C)nc(C)c1.[Cl][Pt][Cl]. The van der Waals surface area contributed by atoms with E-state index in [4.69, 9.17) is 18.8 Å². The van der Waals surface area contributed by atoms with Crippen LogP contribution in [0.5, 0.6) is 0 Å². The van der Waals surface area contributed by atoms with Crippen LogP contribution in [0.1, 0.15) is 33.9 Å². The number of halogens is 2. The van der Waals surface area contributed by atoms with Crippen LogP contribution in [0.3, 0.4) is 0 Å². The van der Waals surface area contributed by atoms with Gasteiger partial charge in [-0.2, -0.15) is 0 Å². The Morgan fingerprint density at radius 3 is 0.952 bits per heavy atom. The molecule has 0 N–H and O–H groups in total. The van der Waals surface area contributed by atoms with E-state index in [2.05, 4.69) is 48.1 Å². The fourth-order valence-corrected chi connectivity index (χ4v) is 2.09. The molecule has 2 aromatic rings. The van der Waals surface area contributed by atoms with Gasteiger partial charge in [-0.25, -0.2) is 0 Å². The van der Waals surface area contributed by atoms with Gasteiger partial charge in [0.1, 0.15) is 0 Å². The zero-order chi connectivity index (χ0) is 16.4. The maximum absolute atomic E-state index is 4.88. The van der Waals surface area contributed by atoms with Gasteiger partial charge in [-0.3, -0.25) is 9.97 Å². The summed E-state index contributed by atoms with van der Waals surface area (Å²) in [4.78, 5) is 8.47. The first-order valence-corrected chi connectivity index (χ1v) is 12.1. The second kappa shape index (κ2) is 11.2. The molecule has 0 aromatic carbocycles. The van der Waals surface area contributed by atoms with Crippen molar-refractivity contribution in [1.82, 2.24) is 9.97 Å². The quantitative estimate of drug-likeness (QED) is 0.477. The number of pyridine rings is 2. The predicted molar refractivity (Wildman–Crippen MR) is 88.6 cm³/mol. The molecule has 21 heavy (non-hydrogen) atoms. The molecule has 0 radical (unpaired) electrons. The molecular weight excluding hydrogens is 486 g/mol. The van der Waals surface area contributed by atoms with E-state index in [0.29, 0.717) is 0 Å². The standard InChI is InChI=1S/2C8H11N.2ClH.Pt/c2*1-6-4-7(2)9-8(3)5-6;;;/h2*4-5H,1-3H3;2*1H;/q;;;;+2/p-2. The molecule has 0 unspecified atom stereocenters. The van der Waals surface area contributed by atoms with E-state index in [1.807, 2.05) is 27.7 Å². The van der Waals surface area contributed by atoms with E-state index in [1.54, 1.807) is 0 Å². The molecule has 5 heteroatoms. The fraction of sp³-hybridized carbons (Fsp3) is 0.375. The molecule has 0 aliphatic heterocycles. The maximum atomic E-state index is 4.88. The summed E-state index contributed by atoms with van der Waals surface area (Å²) in [6.45, 7) is 12.2. The minimum atomic E-state index is -0.472. The van der Waals surface area contributed by atoms with Crippen LogP contribution in [0.4, 0.5) is 0 Å². The number of aromatic nitrogens is 2. The number of aryl methyl sites for hydroxylation is 6. The zero-order valence-corrected chi connectivity index (χ0v) is 17.1. The van der Waals surface area contributed by atoms with Gasteiger partial charge in [-0.1, -0.05) is 0 Å². The van der Waals surface area contributed by atoms with Crippen molar-refractivity contribution >= 4 is 18.8 Å². The van der Waals surface area contributed by atoms with Crippen molar-refractivity contribution in [3.63, 3.8) is 0 Å². The van der Waals surface area contributed by atoms with Crippen LogP contribution in [0.25, 0.3) is 0 Å². The summed E-state index contributed by atoms with van der Waals surface area (Å²) in [6.07, 6.45) is 0. The molecule has 2 nitrogen and oxygen atoms in total. The monoisotopic (exact) mass is 507 g/mol. The van der Waals surface area contributed by atoms with Crippen LogP contribution in [0.15, 0.2) is 24.3 Å². The van der Waals surface area contributed by atoms with E-state index >= 15 is 0 Å². The van der Waals surface area contributed by atoms with E-state index in [9.17, 15) is 0 Å². The molecule has 0 bridgehead atoms. The predicted octanol–water partition coefficient (Wildman–Crippen LogP) is 5.39. The summed E-state index contributed by atoms with van der Waals surface area (Å²) in [5.74, 6) is 0. The number of nitrogens with zero attached hydrogens (tertiary/aromatic N) is 2. The average Bonchev–Trinajstić information content (AvgIpc) is 2.26. The number of hydrogen-bond donors (Lipinski definition) is 0. The van der Waals surface area contributed by atoms with E-state index < -0.39 is 16.5 Å². The van der Waals surface area contributed by atoms with E-state index in [0.717, 1.165) is 22.8 Å². The van der Waals surface area contributed by atoms with Gasteiger partial charge < -0.3 is 0 Å². The van der Waals surface area contributed by atoms with Crippen molar-refractivity contribution in [2.75, 3.05) is 0 Å². The van der Waals surface area contributed by atoms with Crippen LogP contribution in [-0.4, -0.2) is 9.97 Å². The normalized spacial score (nSPS) is 9.33. The van der Waals surface area contributed by atoms with Crippen molar-refractivity contribution in [2.45, 2.75) is 41.5 Å². The van der Waals surface area contributed by atoms with Crippen molar-refractivity contribution in [1.29, 1.82) is 0 Å². The molecule has 2 heterocycles. The van der Waals surface area contributed by atoms with Crippen LogP contribution in [0, 0.1) is 41.5 Å². The molecule has 0 saturated carbocycles. The molecular formula is C16H22Cl2N2Pt. The molecule has 2 rings (SSSR count). The number of hydrogen-bond acceptors (Lipinski definition) is 2. The Bertz CT molecular complexity index is 410. The summed E-state index contributed by atoms with van der Waals surface area (Å²) in [6, 6.07) is 8.31. The summed E-state index contributed by atoms with van der Waals surface area (Å²) >= 11 is -0.472. The van der Waals surface area contributed by atoms with Gasteiger partial charge in [0.2, 0.25) is 0 Å². The average molecular weight is 508 g/mol. The first-order valence-electron chi connectivity index (χ1n) is 6.44. The summed E-state index contributed by atoms with van der Waals surface area (Å²) in [7, 11) is 9.75. The number of rotatable bonds is 0. The van der Waals surface area contributed by atoms with E-state index in [1.165, 1.54) is 11.1 Å². The van der Waals surface area contributed by atoms with Crippen LogP contribution in [-0.2, 0) is 16.5 Å². The van der Waals surface area contributed by atoms with Crippen molar-refractivity contribution in [3.8, 4) is 0 Å². The fourth-order valence-electron chi connectivity index (χ4n) is 2.09. The van der Waals surface area contributed by atoms with Crippen LogP contribution in [0.2, 0.25) is 0 Å². The molecule has 0 spiro atoms. The Balaban J connectivity index is 0.000000322. The third-order valence-corrected chi connectivity index (χ3v) is 2.45. The molecule has 2 aromatic heterocycles. The molecule has 120 valence electrons. The Morgan fingerprint density at radius 2 is 0.810 bits per heavy atom. The third kappa shape index (κ3) is 10.9. The van der Waals surface area contributed by atoms with Crippen molar-refractivity contribution < 1.29 is 16.5 Å². The van der Waals surface area contributed by atoms with Crippen molar-refractivity contribution in [2.24, 2.45) is 0 Å². The molecule has 0 amide bonds. The molecule has 0 fully saturated rings. The second-order valence-corrected chi connectivity index (χ2v) is 8.18. The van der Waals surface area contributed by atoms with Gasteiger partial charge in [-0.15, -0.1) is 0 Å². The Morgan fingerprint density at radius 1 is 0.619 bits per heavy atom. The van der Waals surface area contributed by atoms with Crippen LogP contribution < -0.4 is 0 Å².